The highest BCUT2D eigenvalue weighted by molar-refractivity contribution is 6.31. The Hall–Kier alpha value is -2.53. The Morgan fingerprint density at radius 2 is 1.80 bits per heavy atom. The zero-order valence-corrected chi connectivity index (χ0v) is 15.1. The van der Waals surface area contributed by atoms with E-state index in [9.17, 15) is 9.59 Å². The summed E-state index contributed by atoms with van der Waals surface area (Å²) < 4.78 is 10.2. The number of aryl methyl sites for hydroxylation is 2. The number of hydrogen-bond donors (Lipinski definition) is 1. The fraction of sp³-hybridized carbons (Fsp3) is 0.263. The van der Waals surface area contributed by atoms with E-state index in [1.807, 2.05) is 32.9 Å². The molecule has 0 atom stereocenters. The topological polar surface area (TPSA) is 64.6 Å². The van der Waals surface area contributed by atoms with Gasteiger partial charge in [0.1, 0.15) is 5.75 Å². The third-order valence-electron chi connectivity index (χ3n) is 3.73. The van der Waals surface area contributed by atoms with Gasteiger partial charge in [0.05, 0.1) is 0 Å². The molecule has 2 aromatic carbocycles. The molecule has 0 unspecified atom stereocenters. The lowest BCUT2D eigenvalue weighted by Gasteiger charge is -2.11. The number of halogens is 1. The highest BCUT2D eigenvalue weighted by Crippen LogP contribution is 2.21. The van der Waals surface area contributed by atoms with Crippen LogP contribution >= 0.6 is 11.6 Å². The molecule has 0 aliphatic carbocycles. The molecular formula is C19H20ClNO4. The Balaban J connectivity index is 1.78. The standard InChI is InChI=1S/C19H20ClNO4/c1-12-5-4-6-17(14(12)3)21-18(22)10-25-19(23)11-24-15-7-8-16(20)13(2)9-15/h4-9H,10-11H2,1-3H3,(H,21,22). The number of ether oxygens (including phenoxy) is 2. The number of hydrogen-bond acceptors (Lipinski definition) is 4. The second-order valence-corrected chi connectivity index (χ2v) is 6.06. The number of esters is 1. The molecular weight excluding hydrogens is 342 g/mol. The van der Waals surface area contributed by atoms with Crippen LogP contribution in [-0.2, 0) is 14.3 Å². The van der Waals surface area contributed by atoms with E-state index in [0.717, 1.165) is 16.7 Å². The minimum atomic E-state index is -0.622. The predicted molar refractivity (Wildman–Crippen MR) is 97.2 cm³/mol. The first-order valence-corrected chi connectivity index (χ1v) is 8.15. The summed E-state index contributed by atoms with van der Waals surface area (Å²) in [5.74, 6) is -0.508. The van der Waals surface area contributed by atoms with Gasteiger partial charge in [0, 0.05) is 10.7 Å². The Morgan fingerprint density at radius 1 is 1.04 bits per heavy atom. The molecule has 0 heterocycles. The highest BCUT2D eigenvalue weighted by Gasteiger charge is 2.10. The summed E-state index contributed by atoms with van der Waals surface area (Å²) in [5.41, 5.74) is 3.60. The van der Waals surface area contributed by atoms with Crippen molar-refractivity contribution in [3.8, 4) is 5.75 Å². The van der Waals surface area contributed by atoms with E-state index in [1.54, 1.807) is 24.3 Å². The summed E-state index contributed by atoms with van der Waals surface area (Å²) in [6.45, 7) is 5.07. The van der Waals surface area contributed by atoms with E-state index in [2.05, 4.69) is 5.32 Å². The number of nitrogens with one attached hydrogen (secondary N) is 1. The smallest absolute Gasteiger partial charge is 0.344 e. The van der Waals surface area contributed by atoms with Gasteiger partial charge in [-0.15, -0.1) is 0 Å². The van der Waals surface area contributed by atoms with Gasteiger partial charge in [0.15, 0.2) is 13.2 Å². The van der Waals surface area contributed by atoms with Crippen LogP contribution < -0.4 is 10.1 Å². The fourth-order valence-corrected chi connectivity index (χ4v) is 2.23. The van der Waals surface area contributed by atoms with Gasteiger partial charge in [-0.3, -0.25) is 4.79 Å². The minimum Gasteiger partial charge on any atom is -0.482 e. The predicted octanol–water partition coefficient (Wildman–Crippen LogP) is 3.83. The Kier molecular flexibility index (Phi) is 6.42. The molecule has 0 aliphatic rings. The quantitative estimate of drug-likeness (QED) is 0.794. The second-order valence-electron chi connectivity index (χ2n) is 5.66. The van der Waals surface area contributed by atoms with E-state index in [4.69, 9.17) is 21.1 Å². The molecule has 0 saturated carbocycles. The summed E-state index contributed by atoms with van der Waals surface area (Å²) in [5, 5.41) is 3.35. The summed E-state index contributed by atoms with van der Waals surface area (Å²) in [6.07, 6.45) is 0. The Labute approximate surface area is 151 Å². The molecule has 1 amide bonds. The lowest BCUT2D eigenvalue weighted by Crippen LogP contribution is -2.24. The van der Waals surface area contributed by atoms with Crippen LogP contribution in [0.3, 0.4) is 0 Å². The maximum atomic E-state index is 11.9. The van der Waals surface area contributed by atoms with E-state index in [0.29, 0.717) is 16.5 Å². The second kappa shape index (κ2) is 8.53. The number of rotatable bonds is 6. The SMILES string of the molecule is Cc1cc(OCC(=O)OCC(=O)Nc2cccc(C)c2C)ccc1Cl. The average Bonchev–Trinajstić information content (AvgIpc) is 2.58. The largest absolute Gasteiger partial charge is 0.482 e. The minimum absolute atomic E-state index is 0.280. The van der Waals surface area contributed by atoms with Crippen molar-refractivity contribution in [1.82, 2.24) is 0 Å². The van der Waals surface area contributed by atoms with Gasteiger partial charge in [-0.25, -0.2) is 4.79 Å². The number of benzene rings is 2. The van der Waals surface area contributed by atoms with Gasteiger partial charge in [-0.2, -0.15) is 0 Å². The summed E-state index contributed by atoms with van der Waals surface area (Å²) in [4.78, 5) is 23.6. The molecule has 132 valence electrons. The van der Waals surface area contributed by atoms with Crippen LogP contribution in [0.15, 0.2) is 36.4 Å². The third-order valence-corrected chi connectivity index (χ3v) is 4.15. The molecule has 25 heavy (non-hydrogen) atoms. The normalized spacial score (nSPS) is 10.2. The first-order chi connectivity index (χ1) is 11.9. The van der Waals surface area contributed by atoms with Crippen molar-refractivity contribution in [3.05, 3.63) is 58.1 Å². The number of anilines is 1. The molecule has 0 fully saturated rings. The number of carbonyl (C=O) groups excluding carboxylic acids is 2. The van der Waals surface area contributed by atoms with Gasteiger partial charge < -0.3 is 14.8 Å². The highest BCUT2D eigenvalue weighted by atomic mass is 35.5. The Morgan fingerprint density at radius 3 is 2.52 bits per heavy atom. The zero-order valence-electron chi connectivity index (χ0n) is 14.4. The number of amides is 1. The fourth-order valence-electron chi connectivity index (χ4n) is 2.11. The first kappa shape index (κ1) is 18.8. The lowest BCUT2D eigenvalue weighted by atomic mass is 10.1. The van der Waals surface area contributed by atoms with E-state index in [1.165, 1.54) is 0 Å². The molecule has 0 radical (unpaired) electrons. The first-order valence-electron chi connectivity index (χ1n) is 7.77. The van der Waals surface area contributed by atoms with E-state index in [-0.39, 0.29) is 13.2 Å². The Bertz CT molecular complexity index is 789. The summed E-state index contributed by atoms with van der Waals surface area (Å²) in [6, 6.07) is 10.7. The van der Waals surface area contributed by atoms with Crippen molar-refractivity contribution in [3.63, 3.8) is 0 Å². The van der Waals surface area contributed by atoms with E-state index < -0.39 is 11.9 Å². The monoisotopic (exact) mass is 361 g/mol. The maximum Gasteiger partial charge on any atom is 0.344 e. The molecule has 1 N–H and O–H groups in total. The van der Waals surface area contributed by atoms with Crippen LogP contribution in [0.25, 0.3) is 0 Å². The van der Waals surface area contributed by atoms with Gasteiger partial charge in [0.2, 0.25) is 0 Å². The van der Waals surface area contributed by atoms with Crippen LogP contribution in [0.1, 0.15) is 16.7 Å². The molecule has 2 aromatic rings. The van der Waals surface area contributed by atoms with Gasteiger partial charge in [-0.05, 0) is 61.7 Å². The lowest BCUT2D eigenvalue weighted by molar-refractivity contribution is -0.149. The van der Waals surface area contributed by atoms with Crippen LogP contribution in [0.5, 0.6) is 5.75 Å². The average molecular weight is 362 g/mol. The molecule has 0 saturated heterocycles. The zero-order chi connectivity index (χ0) is 18.4. The summed E-state index contributed by atoms with van der Waals surface area (Å²) >= 11 is 5.92. The van der Waals surface area contributed by atoms with Crippen molar-refractivity contribution in [2.45, 2.75) is 20.8 Å². The van der Waals surface area contributed by atoms with Gasteiger partial charge in [-0.1, -0.05) is 23.7 Å². The van der Waals surface area contributed by atoms with Crippen molar-refractivity contribution in [2.24, 2.45) is 0 Å². The molecule has 0 aliphatic heterocycles. The number of carbonyl (C=O) groups is 2. The maximum absolute atomic E-state index is 11.9. The van der Waals surface area contributed by atoms with Crippen molar-refractivity contribution >= 4 is 29.2 Å². The van der Waals surface area contributed by atoms with Crippen LogP contribution in [0.4, 0.5) is 5.69 Å². The third kappa shape index (κ3) is 5.50. The molecule has 0 aromatic heterocycles. The summed E-state index contributed by atoms with van der Waals surface area (Å²) in [7, 11) is 0. The van der Waals surface area contributed by atoms with Crippen LogP contribution in [0, 0.1) is 20.8 Å². The van der Waals surface area contributed by atoms with Gasteiger partial charge >= 0.3 is 5.97 Å². The molecule has 5 nitrogen and oxygen atoms in total. The van der Waals surface area contributed by atoms with Crippen LogP contribution in [0.2, 0.25) is 5.02 Å². The van der Waals surface area contributed by atoms with Crippen molar-refractivity contribution < 1.29 is 19.1 Å². The molecule has 2 rings (SSSR count). The van der Waals surface area contributed by atoms with E-state index >= 15 is 0 Å². The van der Waals surface area contributed by atoms with Crippen molar-refractivity contribution in [1.29, 1.82) is 0 Å². The van der Waals surface area contributed by atoms with Crippen LogP contribution in [-0.4, -0.2) is 25.1 Å². The molecule has 6 heteroatoms. The van der Waals surface area contributed by atoms with Gasteiger partial charge in [0.25, 0.3) is 5.91 Å². The molecule has 0 spiro atoms. The molecule has 0 bridgehead atoms. The van der Waals surface area contributed by atoms with Crippen molar-refractivity contribution in [2.75, 3.05) is 18.5 Å².